The number of amides is 1. The van der Waals surface area contributed by atoms with Crippen LogP contribution in [0.15, 0.2) is 28.7 Å². The van der Waals surface area contributed by atoms with Crippen LogP contribution in [0.2, 0.25) is 0 Å². The summed E-state index contributed by atoms with van der Waals surface area (Å²) >= 11 is 3.41. The second kappa shape index (κ2) is 8.17. The lowest BCUT2D eigenvalue weighted by Crippen LogP contribution is -2.40. The molecule has 5 nitrogen and oxygen atoms in total. The number of hydrogen-bond donors (Lipinski definition) is 1. The van der Waals surface area contributed by atoms with Crippen molar-refractivity contribution in [2.75, 3.05) is 19.7 Å². The molecule has 0 saturated carbocycles. The van der Waals surface area contributed by atoms with Gasteiger partial charge in [0.15, 0.2) is 0 Å². The van der Waals surface area contributed by atoms with Crippen molar-refractivity contribution >= 4 is 27.8 Å². The zero-order chi connectivity index (χ0) is 15.9. The molecular weight excluding hydrogens is 350 g/mol. The van der Waals surface area contributed by atoms with E-state index >= 15 is 0 Å². The van der Waals surface area contributed by atoms with Crippen LogP contribution >= 0.6 is 15.9 Å². The van der Waals surface area contributed by atoms with Crippen molar-refractivity contribution in [3.8, 4) is 5.75 Å². The zero-order valence-corrected chi connectivity index (χ0v) is 13.9. The van der Waals surface area contributed by atoms with Gasteiger partial charge in [-0.25, -0.2) is 0 Å². The number of halogens is 1. The monoisotopic (exact) mass is 369 g/mol. The van der Waals surface area contributed by atoms with E-state index in [-0.39, 0.29) is 11.8 Å². The van der Waals surface area contributed by atoms with Gasteiger partial charge >= 0.3 is 5.97 Å². The second-order valence-corrected chi connectivity index (χ2v) is 6.23. The average molecular weight is 370 g/mol. The molecule has 1 amide bonds. The van der Waals surface area contributed by atoms with Crippen LogP contribution < -0.4 is 4.74 Å². The number of hydrogen-bond acceptors (Lipinski definition) is 3. The summed E-state index contributed by atoms with van der Waals surface area (Å²) < 4.78 is 6.53. The standard InChI is InChI=1S/C16H20BrNO4/c17-13-4-1-2-5-14(13)22-11-3-6-15(19)18-9-7-12(8-10-18)16(20)21/h1-2,4-5,12H,3,6-11H2,(H,20,21). The van der Waals surface area contributed by atoms with Gasteiger partial charge in [-0.3, -0.25) is 9.59 Å². The highest BCUT2D eigenvalue weighted by molar-refractivity contribution is 9.10. The van der Waals surface area contributed by atoms with Gasteiger partial charge in [0, 0.05) is 19.5 Å². The Bertz CT molecular complexity index is 527. The fourth-order valence-corrected chi connectivity index (χ4v) is 2.90. The molecule has 1 aliphatic heterocycles. The molecule has 0 spiro atoms. The van der Waals surface area contributed by atoms with E-state index in [0.717, 1.165) is 10.2 Å². The molecule has 1 aliphatic rings. The summed E-state index contributed by atoms with van der Waals surface area (Å²) in [4.78, 5) is 24.7. The first kappa shape index (κ1) is 16.8. The number of aliphatic carboxylic acids is 1. The number of likely N-dealkylation sites (tertiary alicyclic amines) is 1. The fraction of sp³-hybridized carbons (Fsp3) is 0.500. The number of benzene rings is 1. The zero-order valence-electron chi connectivity index (χ0n) is 12.3. The Balaban J connectivity index is 1.66. The smallest absolute Gasteiger partial charge is 0.306 e. The highest BCUT2D eigenvalue weighted by Crippen LogP contribution is 2.24. The molecule has 1 saturated heterocycles. The molecule has 0 atom stereocenters. The summed E-state index contributed by atoms with van der Waals surface area (Å²) in [5, 5.41) is 8.94. The Hall–Kier alpha value is -1.56. The largest absolute Gasteiger partial charge is 0.492 e. The minimum atomic E-state index is -0.756. The van der Waals surface area contributed by atoms with E-state index in [2.05, 4.69) is 15.9 Å². The molecular formula is C16H20BrNO4. The first-order valence-corrected chi connectivity index (χ1v) is 8.25. The van der Waals surface area contributed by atoms with E-state index in [1.165, 1.54) is 0 Å². The molecule has 6 heteroatoms. The van der Waals surface area contributed by atoms with Gasteiger partial charge < -0.3 is 14.7 Å². The molecule has 2 rings (SSSR count). The SMILES string of the molecule is O=C(O)C1CCN(C(=O)CCCOc2ccccc2Br)CC1. The number of nitrogens with zero attached hydrogens (tertiary/aromatic N) is 1. The average Bonchev–Trinajstić information content (AvgIpc) is 2.53. The maximum atomic E-state index is 12.1. The van der Waals surface area contributed by atoms with Crippen LogP contribution in [-0.2, 0) is 9.59 Å². The lowest BCUT2D eigenvalue weighted by atomic mass is 9.97. The maximum absolute atomic E-state index is 12.1. The van der Waals surface area contributed by atoms with Crippen LogP contribution in [-0.4, -0.2) is 41.6 Å². The van der Waals surface area contributed by atoms with E-state index < -0.39 is 5.97 Å². The predicted molar refractivity (Wildman–Crippen MR) is 85.8 cm³/mol. The third-order valence-corrected chi connectivity index (χ3v) is 4.48. The quantitative estimate of drug-likeness (QED) is 0.782. The van der Waals surface area contributed by atoms with Crippen LogP contribution in [0.1, 0.15) is 25.7 Å². The Morgan fingerprint density at radius 1 is 1.27 bits per heavy atom. The van der Waals surface area contributed by atoms with Crippen molar-refractivity contribution in [1.29, 1.82) is 0 Å². The second-order valence-electron chi connectivity index (χ2n) is 5.38. The minimum absolute atomic E-state index is 0.0829. The lowest BCUT2D eigenvalue weighted by Gasteiger charge is -2.30. The molecule has 1 aromatic carbocycles. The number of carboxylic acids is 1. The summed E-state index contributed by atoms with van der Waals surface area (Å²) in [5.41, 5.74) is 0. The highest BCUT2D eigenvalue weighted by Gasteiger charge is 2.26. The van der Waals surface area contributed by atoms with Crippen molar-refractivity contribution < 1.29 is 19.4 Å². The van der Waals surface area contributed by atoms with Gasteiger partial charge in [-0.1, -0.05) is 12.1 Å². The molecule has 0 bridgehead atoms. The number of ether oxygens (including phenoxy) is 1. The van der Waals surface area contributed by atoms with Crippen LogP contribution in [0, 0.1) is 5.92 Å². The minimum Gasteiger partial charge on any atom is -0.492 e. The molecule has 0 unspecified atom stereocenters. The van der Waals surface area contributed by atoms with Crippen LogP contribution in [0.5, 0.6) is 5.75 Å². The number of carbonyl (C=O) groups excluding carboxylic acids is 1. The summed E-state index contributed by atoms with van der Waals surface area (Å²) in [6, 6.07) is 7.61. The normalized spacial score (nSPS) is 15.6. The summed E-state index contributed by atoms with van der Waals surface area (Å²) in [5.74, 6) is -0.200. The number of rotatable bonds is 6. The number of carboxylic acid groups (broad SMARTS) is 1. The van der Waals surface area contributed by atoms with Crippen molar-refractivity contribution in [3.05, 3.63) is 28.7 Å². The van der Waals surface area contributed by atoms with Gasteiger partial charge in [-0.2, -0.15) is 0 Å². The van der Waals surface area contributed by atoms with Crippen molar-refractivity contribution in [1.82, 2.24) is 4.90 Å². The lowest BCUT2D eigenvalue weighted by molar-refractivity contribution is -0.145. The molecule has 0 aromatic heterocycles. The Kier molecular flexibility index (Phi) is 6.24. The van der Waals surface area contributed by atoms with E-state index in [1.54, 1.807) is 4.90 Å². The molecule has 1 aromatic rings. The van der Waals surface area contributed by atoms with Gasteiger partial charge in [-0.15, -0.1) is 0 Å². The predicted octanol–water partition coefficient (Wildman–Crippen LogP) is 2.93. The van der Waals surface area contributed by atoms with Crippen molar-refractivity contribution in [2.45, 2.75) is 25.7 Å². The Morgan fingerprint density at radius 3 is 2.59 bits per heavy atom. The molecule has 0 aliphatic carbocycles. The van der Waals surface area contributed by atoms with Crippen LogP contribution in [0.25, 0.3) is 0 Å². The van der Waals surface area contributed by atoms with E-state index in [9.17, 15) is 9.59 Å². The van der Waals surface area contributed by atoms with E-state index in [4.69, 9.17) is 9.84 Å². The van der Waals surface area contributed by atoms with Crippen molar-refractivity contribution in [2.24, 2.45) is 5.92 Å². The van der Waals surface area contributed by atoms with Crippen LogP contribution in [0.4, 0.5) is 0 Å². The first-order chi connectivity index (χ1) is 10.6. The molecule has 1 heterocycles. The molecule has 1 N–H and O–H groups in total. The Labute approximate surface area is 138 Å². The molecule has 1 fully saturated rings. The number of carbonyl (C=O) groups is 2. The van der Waals surface area contributed by atoms with Gasteiger partial charge in [0.25, 0.3) is 0 Å². The fourth-order valence-electron chi connectivity index (χ4n) is 2.50. The van der Waals surface area contributed by atoms with Crippen LogP contribution in [0.3, 0.4) is 0 Å². The first-order valence-electron chi connectivity index (χ1n) is 7.46. The Morgan fingerprint density at radius 2 is 1.95 bits per heavy atom. The summed E-state index contributed by atoms with van der Waals surface area (Å²) in [7, 11) is 0. The van der Waals surface area contributed by atoms with Gasteiger partial charge in [0.2, 0.25) is 5.91 Å². The third kappa shape index (κ3) is 4.73. The third-order valence-electron chi connectivity index (χ3n) is 3.83. The molecule has 0 radical (unpaired) electrons. The van der Waals surface area contributed by atoms with Crippen molar-refractivity contribution in [3.63, 3.8) is 0 Å². The summed E-state index contributed by atoms with van der Waals surface area (Å²) in [6.07, 6.45) is 2.18. The maximum Gasteiger partial charge on any atom is 0.306 e. The summed E-state index contributed by atoms with van der Waals surface area (Å²) in [6.45, 7) is 1.57. The molecule has 22 heavy (non-hydrogen) atoms. The number of para-hydroxylation sites is 1. The van der Waals surface area contributed by atoms with E-state index in [0.29, 0.717) is 45.4 Å². The molecule has 120 valence electrons. The van der Waals surface area contributed by atoms with Gasteiger partial charge in [-0.05, 0) is 47.3 Å². The van der Waals surface area contributed by atoms with E-state index in [1.807, 2.05) is 24.3 Å². The topological polar surface area (TPSA) is 66.8 Å². The number of piperidine rings is 1. The highest BCUT2D eigenvalue weighted by atomic mass is 79.9. The van der Waals surface area contributed by atoms with Gasteiger partial charge in [0.1, 0.15) is 5.75 Å². The van der Waals surface area contributed by atoms with Gasteiger partial charge in [0.05, 0.1) is 17.0 Å².